The highest BCUT2D eigenvalue weighted by Crippen LogP contribution is 2.35. The fourth-order valence-corrected chi connectivity index (χ4v) is 2.85. The summed E-state index contributed by atoms with van der Waals surface area (Å²) in [5, 5.41) is 2.34. The highest BCUT2D eigenvalue weighted by Gasteiger charge is 2.50. The molecule has 5 heteroatoms. The summed E-state index contributed by atoms with van der Waals surface area (Å²) in [7, 11) is 0. The summed E-state index contributed by atoms with van der Waals surface area (Å²) in [4.78, 5) is 24.5. The second-order valence-corrected chi connectivity index (χ2v) is 4.49. The molecule has 2 aliphatic heterocycles. The van der Waals surface area contributed by atoms with E-state index in [1.165, 1.54) is 12.8 Å². The topological polar surface area (TPSA) is 58.6 Å². The van der Waals surface area contributed by atoms with Crippen LogP contribution >= 0.6 is 0 Å². The Labute approximate surface area is 87.8 Å². The third kappa shape index (κ3) is 1.26. The Morgan fingerprint density at radius 2 is 2.00 bits per heavy atom. The van der Waals surface area contributed by atoms with Gasteiger partial charge in [-0.05, 0) is 12.8 Å². The Morgan fingerprint density at radius 1 is 1.27 bits per heavy atom. The van der Waals surface area contributed by atoms with E-state index in [0.29, 0.717) is 12.5 Å². The molecule has 82 valence electrons. The minimum Gasteiger partial charge on any atom is -0.355 e. The van der Waals surface area contributed by atoms with Gasteiger partial charge < -0.3 is 4.74 Å². The van der Waals surface area contributed by atoms with Gasteiger partial charge in [-0.3, -0.25) is 15.0 Å². The Balaban J connectivity index is 1.81. The molecule has 5 nitrogen and oxygen atoms in total. The van der Waals surface area contributed by atoms with Crippen molar-refractivity contribution >= 4 is 11.9 Å². The normalized spacial score (nSPS) is 36.1. The standard InChI is InChI=1S/C10H14N2O3/c13-8-7-5-15-9(6-3-1-2-4-6)12(7)10(14)11-8/h6-7,9H,1-5H2,(H,11,13,14)/t7-,9?/m1/s1. The van der Waals surface area contributed by atoms with Gasteiger partial charge in [0.2, 0.25) is 0 Å². The van der Waals surface area contributed by atoms with Crippen molar-refractivity contribution in [1.29, 1.82) is 0 Å². The molecule has 0 aromatic rings. The lowest BCUT2D eigenvalue weighted by Crippen LogP contribution is -2.41. The highest BCUT2D eigenvalue weighted by molar-refractivity contribution is 6.04. The maximum Gasteiger partial charge on any atom is 0.326 e. The van der Waals surface area contributed by atoms with Crippen LogP contribution in [0.25, 0.3) is 0 Å². The molecule has 2 heterocycles. The number of nitrogens with zero attached hydrogens (tertiary/aromatic N) is 1. The third-order valence-corrected chi connectivity index (χ3v) is 3.61. The molecule has 0 aromatic heterocycles. The number of nitrogens with one attached hydrogen (secondary N) is 1. The lowest BCUT2D eigenvalue weighted by atomic mass is 10.1. The zero-order chi connectivity index (χ0) is 10.4. The van der Waals surface area contributed by atoms with E-state index >= 15 is 0 Å². The number of fused-ring (bicyclic) bond motifs is 1. The summed E-state index contributed by atoms with van der Waals surface area (Å²) in [5.74, 6) is 0.215. The first kappa shape index (κ1) is 9.15. The molecule has 0 aromatic carbocycles. The maximum atomic E-state index is 11.5. The predicted octanol–water partition coefficient (Wildman–Crippen LogP) is 0.453. The zero-order valence-electron chi connectivity index (χ0n) is 8.44. The Bertz CT molecular complexity index is 312. The van der Waals surface area contributed by atoms with Crippen LogP contribution in [0, 0.1) is 5.92 Å². The van der Waals surface area contributed by atoms with E-state index in [0.717, 1.165) is 12.8 Å². The van der Waals surface area contributed by atoms with Crippen molar-refractivity contribution in [3.05, 3.63) is 0 Å². The van der Waals surface area contributed by atoms with Crippen LogP contribution in [-0.4, -0.2) is 35.7 Å². The molecule has 3 amide bonds. The van der Waals surface area contributed by atoms with Gasteiger partial charge >= 0.3 is 6.03 Å². The minimum atomic E-state index is -0.372. The molecular formula is C10H14N2O3. The smallest absolute Gasteiger partial charge is 0.326 e. The van der Waals surface area contributed by atoms with Gasteiger partial charge in [-0.25, -0.2) is 4.79 Å². The molecule has 0 bridgehead atoms. The van der Waals surface area contributed by atoms with Gasteiger partial charge in [0.05, 0.1) is 6.61 Å². The number of carbonyl (C=O) groups excluding carboxylic acids is 2. The first-order valence-corrected chi connectivity index (χ1v) is 5.52. The summed E-state index contributed by atoms with van der Waals surface area (Å²) in [6, 6.07) is -0.650. The molecule has 1 saturated carbocycles. The van der Waals surface area contributed by atoms with Crippen molar-refractivity contribution in [1.82, 2.24) is 10.2 Å². The van der Waals surface area contributed by atoms with E-state index in [1.807, 2.05) is 0 Å². The van der Waals surface area contributed by atoms with Gasteiger partial charge in [0.25, 0.3) is 5.91 Å². The summed E-state index contributed by atoms with van der Waals surface area (Å²) >= 11 is 0. The quantitative estimate of drug-likeness (QED) is 0.639. The molecule has 2 atom stereocenters. The van der Waals surface area contributed by atoms with Crippen LogP contribution in [0.1, 0.15) is 25.7 Å². The number of hydrogen-bond acceptors (Lipinski definition) is 3. The van der Waals surface area contributed by atoms with Crippen molar-refractivity contribution in [3.63, 3.8) is 0 Å². The largest absolute Gasteiger partial charge is 0.355 e. The summed E-state index contributed by atoms with van der Waals surface area (Å²) in [6.07, 6.45) is 4.46. The number of hydrogen-bond donors (Lipinski definition) is 1. The second-order valence-electron chi connectivity index (χ2n) is 4.49. The van der Waals surface area contributed by atoms with E-state index in [4.69, 9.17) is 4.74 Å². The van der Waals surface area contributed by atoms with Crippen LogP contribution in [0.4, 0.5) is 4.79 Å². The number of amides is 3. The van der Waals surface area contributed by atoms with Crippen LogP contribution in [-0.2, 0) is 9.53 Å². The van der Waals surface area contributed by atoms with Gasteiger partial charge in [-0.1, -0.05) is 12.8 Å². The highest BCUT2D eigenvalue weighted by atomic mass is 16.5. The first-order chi connectivity index (χ1) is 7.27. The number of urea groups is 1. The van der Waals surface area contributed by atoms with Gasteiger partial charge in [0.15, 0.2) is 0 Å². The molecule has 0 radical (unpaired) electrons. The first-order valence-electron chi connectivity index (χ1n) is 5.52. The fourth-order valence-electron chi connectivity index (χ4n) is 2.85. The van der Waals surface area contributed by atoms with E-state index in [-0.39, 0.29) is 24.2 Å². The maximum absolute atomic E-state index is 11.5. The molecule has 0 spiro atoms. The number of carbonyl (C=O) groups is 2. The van der Waals surface area contributed by atoms with Crippen molar-refractivity contribution in [2.75, 3.05) is 6.61 Å². The van der Waals surface area contributed by atoms with E-state index < -0.39 is 0 Å². The zero-order valence-corrected chi connectivity index (χ0v) is 8.44. The van der Waals surface area contributed by atoms with Crippen molar-refractivity contribution < 1.29 is 14.3 Å². The van der Waals surface area contributed by atoms with Crippen molar-refractivity contribution in [2.24, 2.45) is 5.92 Å². The van der Waals surface area contributed by atoms with E-state index in [1.54, 1.807) is 4.90 Å². The average molecular weight is 210 g/mol. The molecule has 3 aliphatic rings. The van der Waals surface area contributed by atoms with E-state index in [9.17, 15) is 9.59 Å². The van der Waals surface area contributed by atoms with Gasteiger partial charge in [-0.15, -0.1) is 0 Å². The van der Waals surface area contributed by atoms with Crippen LogP contribution in [0.2, 0.25) is 0 Å². The lowest BCUT2D eigenvalue weighted by molar-refractivity contribution is -0.120. The second kappa shape index (κ2) is 3.20. The number of ether oxygens (including phenoxy) is 1. The fraction of sp³-hybridized carbons (Fsp3) is 0.800. The number of imide groups is 1. The van der Waals surface area contributed by atoms with E-state index in [2.05, 4.69) is 5.32 Å². The summed E-state index contributed by atoms with van der Waals surface area (Å²) in [5.41, 5.74) is 0. The summed E-state index contributed by atoms with van der Waals surface area (Å²) in [6.45, 7) is 0.360. The third-order valence-electron chi connectivity index (χ3n) is 3.61. The van der Waals surface area contributed by atoms with Crippen LogP contribution in [0.5, 0.6) is 0 Å². The van der Waals surface area contributed by atoms with Crippen molar-refractivity contribution in [3.8, 4) is 0 Å². The average Bonchev–Trinajstić information content (AvgIpc) is 2.88. The number of rotatable bonds is 1. The molecule has 3 rings (SSSR count). The SMILES string of the molecule is O=C1NC(=O)N2C(C3CCCC3)OC[C@H]12. The molecule has 2 saturated heterocycles. The molecule has 3 fully saturated rings. The Morgan fingerprint density at radius 3 is 2.73 bits per heavy atom. The van der Waals surface area contributed by atoms with Crippen LogP contribution in [0.3, 0.4) is 0 Å². The minimum absolute atomic E-state index is 0.163. The van der Waals surface area contributed by atoms with Crippen molar-refractivity contribution in [2.45, 2.75) is 38.0 Å². The van der Waals surface area contributed by atoms with Gasteiger partial charge in [-0.2, -0.15) is 0 Å². The van der Waals surface area contributed by atoms with Gasteiger partial charge in [0.1, 0.15) is 12.3 Å². The monoisotopic (exact) mass is 210 g/mol. The Hall–Kier alpha value is -1.10. The molecule has 15 heavy (non-hydrogen) atoms. The molecule has 1 N–H and O–H groups in total. The lowest BCUT2D eigenvalue weighted by Gasteiger charge is -2.25. The summed E-state index contributed by atoms with van der Waals surface area (Å²) < 4.78 is 5.59. The molecular weight excluding hydrogens is 196 g/mol. The Kier molecular flexibility index (Phi) is 1.95. The van der Waals surface area contributed by atoms with Crippen LogP contribution in [0.15, 0.2) is 0 Å². The molecule has 1 aliphatic carbocycles. The molecule has 1 unspecified atom stereocenters. The predicted molar refractivity (Wildman–Crippen MR) is 50.9 cm³/mol. The van der Waals surface area contributed by atoms with Crippen LogP contribution < -0.4 is 5.32 Å². The van der Waals surface area contributed by atoms with Gasteiger partial charge in [0, 0.05) is 5.92 Å².